The van der Waals surface area contributed by atoms with E-state index in [0.29, 0.717) is 18.7 Å². The van der Waals surface area contributed by atoms with Gasteiger partial charge in [0.1, 0.15) is 5.92 Å². The maximum Gasteiger partial charge on any atom is 0.239 e. The molecule has 1 N–H and O–H groups in total. The molecule has 0 aliphatic carbocycles. The van der Waals surface area contributed by atoms with Gasteiger partial charge in [-0.05, 0) is 67.8 Å². The number of nitrogens with one attached hydrogen (secondary N) is 1. The highest BCUT2D eigenvalue weighted by Gasteiger charge is 2.37. The van der Waals surface area contributed by atoms with Crippen molar-refractivity contribution in [3.05, 3.63) is 72.1 Å². The van der Waals surface area contributed by atoms with Crippen molar-refractivity contribution in [2.24, 2.45) is 5.92 Å². The third-order valence-corrected chi connectivity index (χ3v) is 5.21. The van der Waals surface area contributed by atoms with Crippen molar-refractivity contribution in [1.82, 2.24) is 9.78 Å². The number of aromatic nitrogens is 2. The molecule has 4 rings (SSSR count). The Balaban J connectivity index is 1.48. The summed E-state index contributed by atoms with van der Waals surface area (Å²) in [7, 11) is 0. The van der Waals surface area contributed by atoms with Crippen molar-refractivity contribution in [2.45, 2.75) is 20.3 Å². The lowest BCUT2D eigenvalue weighted by Crippen LogP contribution is -2.33. The van der Waals surface area contributed by atoms with Crippen molar-refractivity contribution in [1.29, 1.82) is 0 Å². The van der Waals surface area contributed by atoms with Gasteiger partial charge in [0.2, 0.25) is 11.8 Å². The number of benzene rings is 2. The van der Waals surface area contributed by atoms with Crippen LogP contribution in [-0.4, -0.2) is 28.1 Å². The van der Waals surface area contributed by atoms with E-state index in [9.17, 15) is 9.59 Å². The molecular weight excluding hydrogens is 352 g/mol. The third-order valence-electron chi connectivity index (χ3n) is 5.21. The fraction of sp³-hybridized carbons (Fsp3) is 0.227. The Bertz CT molecular complexity index is 1030. The topological polar surface area (TPSA) is 67.2 Å². The smallest absolute Gasteiger partial charge is 0.239 e. The van der Waals surface area contributed by atoms with Crippen LogP contribution in [0.2, 0.25) is 0 Å². The average Bonchev–Trinajstić information content (AvgIpc) is 3.34. The van der Waals surface area contributed by atoms with Crippen molar-refractivity contribution in [3.63, 3.8) is 0 Å². The van der Waals surface area contributed by atoms with Crippen LogP contribution in [0.25, 0.3) is 5.69 Å². The minimum Gasteiger partial charge on any atom is -0.325 e. The number of amides is 2. The fourth-order valence-electron chi connectivity index (χ4n) is 3.45. The number of carbonyl (C=O) groups is 2. The Kier molecular flexibility index (Phi) is 4.69. The number of hydrogen-bond acceptors (Lipinski definition) is 3. The lowest BCUT2D eigenvalue weighted by molar-refractivity contribution is -0.129. The Labute approximate surface area is 163 Å². The van der Waals surface area contributed by atoms with Crippen molar-refractivity contribution < 1.29 is 9.59 Å². The van der Waals surface area contributed by atoms with Gasteiger partial charge in [-0.2, -0.15) is 5.10 Å². The molecular formula is C22H22N4O2. The van der Waals surface area contributed by atoms with Crippen LogP contribution in [0.15, 0.2) is 60.9 Å². The Hall–Kier alpha value is -3.41. The van der Waals surface area contributed by atoms with E-state index in [4.69, 9.17) is 0 Å². The maximum absolute atomic E-state index is 12.8. The highest BCUT2D eigenvalue weighted by atomic mass is 16.2. The van der Waals surface area contributed by atoms with Gasteiger partial charge >= 0.3 is 0 Å². The summed E-state index contributed by atoms with van der Waals surface area (Å²) in [5, 5.41) is 7.08. The summed E-state index contributed by atoms with van der Waals surface area (Å²) in [6.07, 6.45) is 4.04. The first-order chi connectivity index (χ1) is 13.5. The Morgan fingerprint density at radius 2 is 1.93 bits per heavy atom. The molecule has 1 aliphatic heterocycles. The minimum atomic E-state index is -0.671. The molecule has 142 valence electrons. The van der Waals surface area contributed by atoms with Crippen LogP contribution < -0.4 is 10.2 Å². The highest BCUT2D eigenvalue weighted by Crippen LogP contribution is 2.28. The molecule has 2 aromatic carbocycles. The largest absolute Gasteiger partial charge is 0.325 e. The van der Waals surface area contributed by atoms with Gasteiger partial charge in [-0.1, -0.05) is 12.1 Å². The third kappa shape index (κ3) is 3.41. The first kappa shape index (κ1) is 18.0. The lowest BCUT2D eigenvalue weighted by Gasteiger charge is -2.18. The summed E-state index contributed by atoms with van der Waals surface area (Å²) in [5.74, 6) is -1.09. The van der Waals surface area contributed by atoms with E-state index >= 15 is 0 Å². The number of hydrogen-bond donors (Lipinski definition) is 1. The second-order valence-corrected chi connectivity index (χ2v) is 7.09. The molecule has 28 heavy (non-hydrogen) atoms. The first-order valence-electron chi connectivity index (χ1n) is 9.32. The molecule has 1 aliphatic rings. The molecule has 1 unspecified atom stereocenters. The van der Waals surface area contributed by atoms with E-state index in [-0.39, 0.29) is 11.8 Å². The molecule has 2 heterocycles. The van der Waals surface area contributed by atoms with Crippen molar-refractivity contribution >= 4 is 23.2 Å². The van der Waals surface area contributed by atoms with Crippen LogP contribution in [0.1, 0.15) is 17.5 Å². The SMILES string of the molecule is Cc1ccc(N2CCC(C(=O)Nc3cccc(-n4cccn4)c3)C2=O)cc1C. The maximum atomic E-state index is 12.8. The van der Waals surface area contributed by atoms with Gasteiger partial charge in [0.25, 0.3) is 0 Å². The quantitative estimate of drug-likeness (QED) is 0.711. The van der Waals surface area contributed by atoms with E-state index in [1.54, 1.807) is 15.8 Å². The molecule has 0 radical (unpaired) electrons. The van der Waals surface area contributed by atoms with E-state index in [0.717, 1.165) is 16.9 Å². The van der Waals surface area contributed by atoms with Crippen LogP contribution in [0, 0.1) is 19.8 Å². The molecule has 3 aromatic rings. The zero-order valence-electron chi connectivity index (χ0n) is 15.9. The van der Waals surface area contributed by atoms with Gasteiger partial charge in [0, 0.05) is 30.3 Å². The standard InChI is InChI=1S/C22H22N4O2/c1-15-7-8-18(13-16(15)2)25-12-9-20(22(25)28)21(27)24-17-5-3-6-19(14-17)26-11-4-10-23-26/h3-8,10-11,13-14,20H,9,12H2,1-2H3,(H,24,27). The lowest BCUT2D eigenvalue weighted by atomic mass is 10.1. The van der Waals surface area contributed by atoms with Crippen molar-refractivity contribution in [2.75, 3.05) is 16.8 Å². The zero-order chi connectivity index (χ0) is 19.7. The first-order valence-corrected chi connectivity index (χ1v) is 9.32. The minimum absolute atomic E-state index is 0.149. The van der Waals surface area contributed by atoms with Gasteiger partial charge in [-0.3, -0.25) is 9.59 Å². The van der Waals surface area contributed by atoms with E-state index in [2.05, 4.69) is 10.4 Å². The molecule has 0 saturated carbocycles. The number of aryl methyl sites for hydroxylation is 2. The summed E-state index contributed by atoms with van der Waals surface area (Å²) in [5.41, 5.74) is 4.66. The van der Waals surface area contributed by atoms with E-state index in [1.807, 2.05) is 68.6 Å². The molecule has 1 aromatic heterocycles. The number of nitrogens with zero attached hydrogens (tertiary/aromatic N) is 3. The fourth-order valence-corrected chi connectivity index (χ4v) is 3.45. The normalized spacial score (nSPS) is 16.4. The molecule has 0 bridgehead atoms. The van der Waals surface area contributed by atoms with Crippen LogP contribution >= 0.6 is 0 Å². The van der Waals surface area contributed by atoms with Crippen LogP contribution in [0.3, 0.4) is 0 Å². The van der Waals surface area contributed by atoms with Gasteiger partial charge in [-0.15, -0.1) is 0 Å². The van der Waals surface area contributed by atoms with E-state index < -0.39 is 5.92 Å². The summed E-state index contributed by atoms with van der Waals surface area (Å²) in [6, 6.07) is 15.2. The van der Waals surface area contributed by atoms with Gasteiger partial charge in [0.05, 0.1) is 5.69 Å². The summed E-state index contributed by atoms with van der Waals surface area (Å²) in [4.78, 5) is 27.3. The van der Waals surface area contributed by atoms with Crippen LogP contribution in [0.5, 0.6) is 0 Å². The van der Waals surface area contributed by atoms with E-state index in [1.165, 1.54) is 5.56 Å². The molecule has 0 spiro atoms. The Morgan fingerprint density at radius 1 is 1.07 bits per heavy atom. The molecule has 1 saturated heterocycles. The number of anilines is 2. The summed E-state index contributed by atoms with van der Waals surface area (Å²) >= 11 is 0. The van der Waals surface area contributed by atoms with Gasteiger partial charge < -0.3 is 10.2 Å². The van der Waals surface area contributed by atoms with Crippen LogP contribution in [-0.2, 0) is 9.59 Å². The zero-order valence-corrected chi connectivity index (χ0v) is 15.9. The number of carbonyl (C=O) groups excluding carboxylic acids is 2. The molecule has 1 atom stereocenters. The number of rotatable bonds is 4. The predicted octanol–water partition coefficient (Wildman–Crippen LogP) is 3.48. The molecule has 6 heteroatoms. The monoisotopic (exact) mass is 374 g/mol. The molecule has 6 nitrogen and oxygen atoms in total. The second kappa shape index (κ2) is 7.31. The summed E-state index contributed by atoms with van der Waals surface area (Å²) in [6.45, 7) is 4.61. The molecule has 1 fully saturated rings. The van der Waals surface area contributed by atoms with Crippen LogP contribution in [0.4, 0.5) is 11.4 Å². The highest BCUT2D eigenvalue weighted by molar-refractivity contribution is 6.13. The summed E-state index contributed by atoms with van der Waals surface area (Å²) < 4.78 is 1.72. The Morgan fingerprint density at radius 3 is 2.68 bits per heavy atom. The average molecular weight is 374 g/mol. The predicted molar refractivity (Wildman–Crippen MR) is 109 cm³/mol. The second-order valence-electron chi connectivity index (χ2n) is 7.09. The van der Waals surface area contributed by atoms with Gasteiger partial charge in [0.15, 0.2) is 0 Å². The molecule has 2 amide bonds. The van der Waals surface area contributed by atoms with Crippen molar-refractivity contribution in [3.8, 4) is 5.69 Å². The van der Waals surface area contributed by atoms with Gasteiger partial charge in [-0.25, -0.2) is 4.68 Å².